The molecule has 1 saturated heterocycles. The van der Waals surface area contributed by atoms with Gasteiger partial charge >= 0.3 is 0 Å². The van der Waals surface area contributed by atoms with Crippen LogP contribution in [0.3, 0.4) is 0 Å². The molecule has 1 fully saturated rings. The molecule has 0 aliphatic carbocycles. The molecule has 188 valence electrons. The van der Waals surface area contributed by atoms with Gasteiger partial charge in [0.05, 0.1) is 29.7 Å². The summed E-state index contributed by atoms with van der Waals surface area (Å²) in [7, 11) is 0. The van der Waals surface area contributed by atoms with E-state index in [-0.39, 0.29) is 35.2 Å². The minimum Gasteiger partial charge on any atom is -0.383 e. The van der Waals surface area contributed by atoms with E-state index in [1.807, 2.05) is 0 Å². The lowest BCUT2D eigenvalue weighted by atomic mass is 10.2. The van der Waals surface area contributed by atoms with Crippen LogP contribution in [-0.2, 0) is 11.2 Å². The fourth-order valence-electron chi connectivity index (χ4n) is 4.45. The Kier molecular flexibility index (Phi) is 6.51. The Balaban J connectivity index is 1.38. The van der Waals surface area contributed by atoms with Gasteiger partial charge in [0.1, 0.15) is 34.1 Å². The van der Waals surface area contributed by atoms with Crippen LogP contribution >= 0.6 is 11.5 Å². The van der Waals surface area contributed by atoms with Gasteiger partial charge in [-0.3, -0.25) is 28.8 Å². The van der Waals surface area contributed by atoms with Gasteiger partial charge in [0.15, 0.2) is 0 Å². The van der Waals surface area contributed by atoms with Crippen molar-refractivity contribution in [2.45, 2.75) is 45.4 Å². The number of aliphatic hydroxyl groups is 1. The van der Waals surface area contributed by atoms with Crippen molar-refractivity contribution in [3.05, 3.63) is 57.2 Å². The smallest absolute Gasteiger partial charge is 0.279 e. The van der Waals surface area contributed by atoms with Crippen LogP contribution in [0.4, 0.5) is 16.4 Å². The maximum atomic E-state index is 13.4. The Labute approximate surface area is 210 Å². The number of aromatic nitrogens is 4. The molecule has 3 aromatic heterocycles. The molecule has 2 unspecified atom stereocenters. The highest BCUT2D eigenvalue weighted by Gasteiger charge is 2.37. The molecule has 5 N–H and O–H groups in total. The van der Waals surface area contributed by atoms with Crippen molar-refractivity contribution in [1.82, 2.24) is 19.3 Å². The molecule has 13 heteroatoms. The fraction of sp³-hybridized carbons (Fsp3) is 0.391. The van der Waals surface area contributed by atoms with Gasteiger partial charge in [-0.1, -0.05) is 0 Å². The number of pyridine rings is 1. The van der Waals surface area contributed by atoms with Crippen molar-refractivity contribution >= 4 is 39.7 Å². The first-order chi connectivity index (χ1) is 17.3. The van der Waals surface area contributed by atoms with E-state index in [1.165, 1.54) is 11.1 Å². The van der Waals surface area contributed by atoms with E-state index < -0.39 is 12.1 Å². The first-order valence-electron chi connectivity index (χ1n) is 11.5. The molecule has 1 amide bonds. The van der Waals surface area contributed by atoms with Crippen LogP contribution < -0.4 is 21.5 Å². The van der Waals surface area contributed by atoms with E-state index in [0.717, 1.165) is 24.4 Å². The predicted molar refractivity (Wildman–Crippen MR) is 135 cm³/mol. The maximum Gasteiger partial charge on any atom is 0.279 e. The summed E-state index contributed by atoms with van der Waals surface area (Å²) in [6, 6.07) is 3.21. The number of hydrogen-bond acceptors (Lipinski definition) is 10. The van der Waals surface area contributed by atoms with Crippen LogP contribution in [-0.4, -0.2) is 61.7 Å². The molecule has 36 heavy (non-hydrogen) atoms. The van der Waals surface area contributed by atoms with Gasteiger partial charge < -0.3 is 20.9 Å². The molecule has 0 bridgehead atoms. The van der Waals surface area contributed by atoms with Gasteiger partial charge in [0, 0.05) is 24.9 Å². The monoisotopic (exact) mass is 510 g/mol. The number of hydrogen-bond donors (Lipinski definition) is 4. The second-order valence-corrected chi connectivity index (χ2v) is 9.48. The third-order valence-corrected chi connectivity index (χ3v) is 6.86. The molecule has 0 saturated carbocycles. The van der Waals surface area contributed by atoms with Crippen molar-refractivity contribution in [2.24, 2.45) is 10.7 Å². The zero-order chi connectivity index (χ0) is 25.4. The SMILES string of the molecule is Cc1nc(C)c2c(n1)CC(O)N2C(=O)c1cc(Nc2s[nH]c(=O)c2C(N)=NCC2CCCO2)ccn1. The standard InChI is InChI=1S/C23H26N8O4S/c1-11-19-15(28-12(2)27-11)9-17(32)31(19)23(34)16-8-13(5-6-25-16)29-22-18(21(33)30-36-22)20(24)26-10-14-4-3-7-35-14/h5-6,8,14,17,32H,3-4,7,9-10H2,1-2H3,(H2,24,26)(H,25,29)(H,30,33). The largest absolute Gasteiger partial charge is 0.383 e. The average molecular weight is 511 g/mol. The first-order valence-corrected chi connectivity index (χ1v) is 12.4. The molecule has 3 aromatic rings. The van der Waals surface area contributed by atoms with Crippen molar-refractivity contribution in [2.75, 3.05) is 23.4 Å². The number of aromatic amines is 1. The molecule has 0 radical (unpaired) electrons. The highest BCUT2D eigenvalue weighted by molar-refractivity contribution is 7.10. The third kappa shape index (κ3) is 4.59. The van der Waals surface area contributed by atoms with Crippen molar-refractivity contribution in [3.8, 4) is 0 Å². The van der Waals surface area contributed by atoms with Crippen LogP contribution in [0, 0.1) is 13.8 Å². The van der Waals surface area contributed by atoms with Gasteiger partial charge in [-0.25, -0.2) is 9.97 Å². The van der Waals surface area contributed by atoms with Crippen molar-refractivity contribution < 1.29 is 14.6 Å². The number of rotatable bonds is 6. The number of nitrogens with zero attached hydrogens (tertiary/aromatic N) is 5. The molecule has 12 nitrogen and oxygen atoms in total. The summed E-state index contributed by atoms with van der Waals surface area (Å²) in [6.07, 6.45) is 2.53. The minimum absolute atomic E-state index is 0.00969. The number of amidine groups is 1. The maximum absolute atomic E-state index is 13.4. The Morgan fingerprint density at radius 2 is 2.25 bits per heavy atom. The number of amides is 1. The Hall–Kier alpha value is -3.68. The Morgan fingerprint density at radius 3 is 3.03 bits per heavy atom. The highest BCUT2D eigenvalue weighted by atomic mass is 32.1. The number of anilines is 3. The molecule has 5 heterocycles. The van der Waals surface area contributed by atoms with Gasteiger partial charge in [0.25, 0.3) is 11.5 Å². The van der Waals surface area contributed by atoms with E-state index >= 15 is 0 Å². The second-order valence-electron chi connectivity index (χ2n) is 8.66. The van der Waals surface area contributed by atoms with E-state index in [0.29, 0.717) is 46.7 Å². The third-order valence-electron chi connectivity index (χ3n) is 6.06. The van der Waals surface area contributed by atoms with Crippen LogP contribution in [0.1, 0.15) is 46.1 Å². The van der Waals surface area contributed by atoms with Crippen molar-refractivity contribution in [1.29, 1.82) is 0 Å². The molecular weight excluding hydrogens is 484 g/mol. The van der Waals surface area contributed by atoms with E-state index in [1.54, 1.807) is 26.0 Å². The summed E-state index contributed by atoms with van der Waals surface area (Å²) in [6.45, 7) is 4.64. The van der Waals surface area contributed by atoms with Crippen LogP contribution in [0.5, 0.6) is 0 Å². The normalized spacial score (nSPS) is 19.5. The average Bonchev–Trinajstić information content (AvgIpc) is 3.56. The van der Waals surface area contributed by atoms with E-state index in [4.69, 9.17) is 10.5 Å². The summed E-state index contributed by atoms with van der Waals surface area (Å²) in [5.41, 5.74) is 8.37. The molecule has 0 spiro atoms. The number of nitrogens with one attached hydrogen (secondary N) is 2. The molecule has 0 aromatic carbocycles. The van der Waals surface area contributed by atoms with Crippen LogP contribution in [0.15, 0.2) is 28.1 Å². The number of nitrogens with two attached hydrogens (primary N) is 1. The second kappa shape index (κ2) is 9.76. The summed E-state index contributed by atoms with van der Waals surface area (Å²) in [5.74, 6) is 0.209. The number of carbonyl (C=O) groups is 1. The van der Waals surface area contributed by atoms with Gasteiger partial charge in [-0.2, -0.15) is 0 Å². The summed E-state index contributed by atoms with van der Waals surface area (Å²) in [4.78, 5) is 44.3. The number of carbonyl (C=O) groups excluding carboxylic acids is 1. The van der Waals surface area contributed by atoms with E-state index in [9.17, 15) is 14.7 Å². The molecule has 2 atom stereocenters. The number of fused-ring (bicyclic) bond motifs is 1. The minimum atomic E-state index is -1.07. The molecule has 2 aliphatic heterocycles. The predicted octanol–water partition coefficient (Wildman–Crippen LogP) is 1.39. The Bertz CT molecular complexity index is 1390. The number of aliphatic imine (C=N–C) groups is 1. The lowest BCUT2D eigenvalue weighted by Gasteiger charge is -2.22. The molecular formula is C23H26N8O4S. The fourth-order valence-corrected chi connectivity index (χ4v) is 5.22. The van der Waals surface area contributed by atoms with Gasteiger partial charge in [-0.15, -0.1) is 0 Å². The van der Waals surface area contributed by atoms with E-state index in [2.05, 4.69) is 29.6 Å². The van der Waals surface area contributed by atoms with Crippen molar-refractivity contribution in [3.63, 3.8) is 0 Å². The van der Waals surface area contributed by atoms with Crippen LogP contribution in [0.2, 0.25) is 0 Å². The summed E-state index contributed by atoms with van der Waals surface area (Å²) < 4.78 is 8.24. The molecule has 2 aliphatic rings. The number of ether oxygens (including phenoxy) is 1. The zero-order valence-corrected chi connectivity index (χ0v) is 20.6. The quantitative estimate of drug-likeness (QED) is 0.282. The van der Waals surface area contributed by atoms with Crippen LogP contribution in [0.25, 0.3) is 0 Å². The number of aryl methyl sites for hydroxylation is 2. The van der Waals surface area contributed by atoms with Gasteiger partial charge in [-0.05, 0) is 50.4 Å². The summed E-state index contributed by atoms with van der Waals surface area (Å²) in [5, 5.41) is 14.2. The molecule has 5 rings (SSSR count). The number of aliphatic hydroxyl groups excluding tert-OH is 1. The lowest BCUT2D eigenvalue weighted by molar-refractivity contribution is 0.0898. The van der Waals surface area contributed by atoms with Gasteiger partial charge in [0.2, 0.25) is 0 Å². The first kappa shape index (κ1) is 24.0. The topological polar surface area (TPSA) is 172 Å². The zero-order valence-electron chi connectivity index (χ0n) is 19.8. The summed E-state index contributed by atoms with van der Waals surface area (Å²) >= 11 is 1.08. The highest BCUT2D eigenvalue weighted by Crippen LogP contribution is 2.34. The number of H-pyrrole nitrogens is 1. The lowest BCUT2D eigenvalue weighted by Crippen LogP contribution is -2.38. The Morgan fingerprint density at radius 1 is 1.42 bits per heavy atom.